The molecule has 20 nitrogen and oxygen atoms in total. The molecule has 23 heteroatoms. The van der Waals surface area contributed by atoms with Crippen molar-refractivity contribution in [1.82, 2.24) is 49.3 Å². The number of hydrogen-bond donors (Lipinski definition) is 2. The number of nitrogens with zero attached hydrogens (tertiary/aromatic N) is 10. The van der Waals surface area contributed by atoms with Crippen LogP contribution in [0.3, 0.4) is 0 Å². The summed E-state index contributed by atoms with van der Waals surface area (Å²) in [4.78, 5) is 101. The number of benzene rings is 3. The number of carbonyl (C=O) groups excluding carboxylic acids is 5. The standard InChI is InChI=1S/C68H87ClF2N12O8/c1-66(2,3)90-64(87)82(42-50-14-17-52(70)40-56(50)71)44-59(85)81-27-8-11-49(41-81)47-9-7-10-48(39-47)62(86)80-31-21-54(22-32-80)89-53-19-28-77(29-20-53)43-58(84)78-37-35-76(36-38-78)30-23-57(46-12-15-51(69)16-13-46)75-63-68(83(63)65(88)91-67(4,5)6)24-33-79(34-25-68)61-55-18-26-72-60(55)73-45-74-61/h7,9-10,12-18,26,39-40,45,49,53-54,57H,8,11,19-25,27-38,41-44H2,1-6H3,(H,72,73,74)/p+1/t49?,57-,83?/m0/s1. The monoisotopic (exact) mass is 1270 g/mol. The molecule has 91 heavy (non-hydrogen) atoms. The quantitative estimate of drug-likeness (QED) is 0.0900. The third-order valence-electron chi connectivity index (χ3n) is 18.6. The molecule has 5 aromatic rings. The predicted octanol–water partition coefficient (Wildman–Crippen LogP) is 8.16. The topological polar surface area (TPSA) is 194 Å². The Labute approximate surface area is 537 Å². The first-order valence-electron chi connectivity index (χ1n) is 32.5. The van der Waals surface area contributed by atoms with Gasteiger partial charge in [-0.3, -0.25) is 34.1 Å². The molecule has 2 N–H and O–H groups in total. The summed E-state index contributed by atoms with van der Waals surface area (Å²) in [7, 11) is 0. The lowest BCUT2D eigenvalue weighted by Gasteiger charge is -2.38. The molecule has 6 saturated heterocycles. The van der Waals surface area contributed by atoms with Crippen LogP contribution in [0.25, 0.3) is 11.0 Å². The Morgan fingerprint density at radius 3 is 2.14 bits per heavy atom. The fourth-order valence-corrected chi connectivity index (χ4v) is 13.8. The van der Waals surface area contributed by atoms with Gasteiger partial charge in [0.1, 0.15) is 53.2 Å². The number of amidine groups is 1. The first kappa shape index (κ1) is 65.2. The minimum atomic E-state index is -0.861. The molecule has 488 valence electrons. The number of rotatable bonds is 16. The molecule has 8 heterocycles. The lowest BCUT2D eigenvalue weighted by molar-refractivity contribution is -0.511. The smallest absolute Gasteiger partial charge is 0.444 e. The van der Waals surface area contributed by atoms with E-state index in [1.54, 1.807) is 32.0 Å². The summed E-state index contributed by atoms with van der Waals surface area (Å²) in [5, 5.41) is 1.63. The van der Waals surface area contributed by atoms with Crippen molar-refractivity contribution < 1.29 is 52.0 Å². The number of piperidine rings is 4. The normalized spacial score (nSPS) is 20.5. The lowest BCUT2D eigenvalue weighted by atomic mass is 9.89. The molecule has 0 radical (unpaired) electrons. The van der Waals surface area contributed by atoms with Gasteiger partial charge in [-0.15, -0.1) is 4.90 Å². The van der Waals surface area contributed by atoms with E-state index in [1.807, 2.05) is 84.1 Å². The van der Waals surface area contributed by atoms with Crippen LogP contribution < -0.4 is 9.89 Å². The number of hydrogen-bond acceptors (Lipinski definition) is 13. The van der Waals surface area contributed by atoms with Gasteiger partial charge >= 0.3 is 18.0 Å². The zero-order valence-corrected chi connectivity index (χ0v) is 54.2. The van der Waals surface area contributed by atoms with Crippen LogP contribution in [0.2, 0.25) is 5.02 Å². The minimum Gasteiger partial charge on any atom is -0.444 e. The van der Waals surface area contributed by atoms with Crippen molar-refractivity contribution in [3.05, 3.63) is 124 Å². The van der Waals surface area contributed by atoms with E-state index in [0.717, 1.165) is 129 Å². The molecule has 11 rings (SSSR count). The third-order valence-corrected chi connectivity index (χ3v) is 18.9. The highest BCUT2D eigenvalue weighted by Gasteiger charge is 2.74. The predicted molar refractivity (Wildman–Crippen MR) is 341 cm³/mol. The number of amides is 5. The van der Waals surface area contributed by atoms with Crippen LogP contribution in [0.5, 0.6) is 0 Å². The number of piperazine rings is 1. The second kappa shape index (κ2) is 27.9. The van der Waals surface area contributed by atoms with E-state index in [0.29, 0.717) is 82.3 Å². The number of likely N-dealkylation sites (tertiary alicyclic amines) is 3. The van der Waals surface area contributed by atoms with E-state index in [4.69, 9.17) is 25.8 Å². The van der Waals surface area contributed by atoms with Crippen LogP contribution in [0.4, 0.5) is 24.2 Å². The molecule has 0 bridgehead atoms. The summed E-state index contributed by atoms with van der Waals surface area (Å²) < 4.78 is 46.7. The highest BCUT2D eigenvalue weighted by Crippen LogP contribution is 2.45. The molecule has 1 unspecified atom stereocenters. The van der Waals surface area contributed by atoms with Crippen molar-refractivity contribution in [3.8, 4) is 0 Å². The molecule has 3 aromatic carbocycles. The Balaban J connectivity index is 0.613. The Kier molecular flexibility index (Phi) is 20.0. The second-order valence-electron chi connectivity index (χ2n) is 27.4. The van der Waals surface area contributed by atoms with Gasteiger partial charge in [-0.05, 0) is 128 Å². The van der Waals surface area contributed by atoms with Gasteiger partial charge in [0.2, 0.25) is 17.4 Å². The van der Waals surface area contributed by atoms with Gasteiger partial charge in [0.05, 0.1) is 30.7 Å². The van der Waals surface area contributed by atoms with Gasteiger partial charge in [0, 0.05) is 139 Å². The molecule has 6 aliphatic rings. The van der Waals surface area contributed by atoms with Crippen molar-refractivity contribution in [3.63, 3.8) is 0 Å². The summed E-state index contributed by atoms with van der Waals surface area (Å²) in [6, 6.07) is 20.6. The molecule has 1 spiro atoms. The zero-order valence-electron chi connectivity index (χ0n) is 53.4. The average molecular weight is 1270 g/mol. The van der Waals surface area contributed by atoms with E-state index in [1.165, 1.54) is 6.07 Å². The number of fused-ring (bicyclic) bond motifs is 1. The van der Waals surface area contributed by atoms with E-state index < -0.39 is 34.5 Å². The summed E-state index contributed by atoms with van der Waals surface area (Å²) >= 11 is 6.41. The molecule has 2 atom stereocenters. The Hall–Kier alpha value is -7.27. The number of anilines is 1. The molecule has 0 aliphatic carbocycles. The van der Waals surface area contributed by atoms with Gasteiger partial charge in [-0.25, -0.2) is 23.5 Å². The largest absolute Gasteiger partial charge is 0.508 e. The van der Waals surface area contributed by atoms with Gasteiger partial charge in [0.25, 0.3) is 5.91 Å². The van der Waals surface area contributed by atoms with Crippen LogP contribution in [0.15, 0.2) is 85.3 Å². The number of aromatic amines is 1. The van der Waals surface area contributed by atoms with Crippen LogP contribution >= 0.6 is 11.6 Å². The Morgan fingerprint density at radius 1 is 0.747 bits per heavy atom. The van der Waals surface area contributed by atoms with Gasteiger partial charge in [0.15, 0.2) is 0 Å². The summed E-state index contributed by atoms with van der Waals surface area (Å²) in [5.41, 5.74) is 1.47. The SMILES string of the molecule is CC(C)(C)OC(=O)N(CC(=O)N1CCCC(c2cccc(C(=O)N3CCC(OC4CCN(CC(=O)N5CCN(CC[C@H]([NH+]=C6N(C(=O)OC(C)(C)C)C67CCN(c6ncnc8[nH]ccc68)CC7)c6ccc(Cl)cc6)CC5)CC4)CC3)c2)C1)Cc1ccc(F)cc1F. The molecule has 5 amide bonds. The summed E-state index contributed by atoms with van der Waals surface area (Å²) in [5.74, 6) is -0.0275. The highest BCUT2D eigenvalue weighted by atomic mass is 35.5. The maximum Gasteiger partial charge on any atom is 0.508 e. The first-order valence-corrected chi connectivity index (χ1v) is 32.8. The van der Waals surface area contributed by atoms with E-state index in [-0.39, 0.29) is 66.6 Å². The Morgan fingerprint density at radius 2 is 1.45 bits per heavy atom. The molecule has 6 aliphatic heterocycles. The van der Waals surface area contributed by atoms with Crippen LogP contribution in [-0.2, 0) is 30.3 Å². The zero-order chi connectivity index (χ0) is 64.2. The van der Waals surface area contributed by atoms with Crippen LogP contribution in [-0.4, -0.2) is 212 Å². The van der Waals surface area contributed by atoms with Gasteiger partial charge in [-0.1, -0.05) is 41.9 Å². The number of nitrogens with one attached hydrogen (secondary N) is 2. The number of aromatic nitrogens is 3. The second-order valence-corrected chi connectivity index (χ2v) is 27.8. The Bertz CT molecular complexity index is 3430. The lowest BCUT2D eigenvalue weighted by Crippen LogP contribution is -2.74. The van der Waals surface area contributed by atoms with Crippen molar-refractivity contribution in [2.75, 3.05) is 103 Å². The van der Waals surface area contributed by atoms with Gasteiger partial charge < -0.3 is 38.8 Å². The number of carbonyl (C=O) groups is 5. The number of ether oxygens (including phenoxy) is 3. The van der Waals surface area contributed by atoms with Crippen molar-refractivity contribution in [2.45, 2.75) is 147 Å². The molecular weight excluding hydrogens is 1190 g/mol. The molecule has 0 saturated carbocycles. The number of halogens is 3. The summed E-state index contributed by atoms with van der Waals surface area (Å²) in [6.07, 6.45) is 9.35. The fraction of sp³-hybridized carbons (Fsp3) is 0.559. The van der Waals surface area contributed by atoms with Gasteiger partial charge in [-0.2, -0.15) is 4.79 Å². The average Bonchev–Trinajstić information content (AvgIpc) is 1.61. The first-order chi connectivity index (χ1) is 43.5. The van der Waals surface area contributed by atoms with Crippen molar-refractivity contribution in [1.29, 1.82) is 0 Å². The van der Waals surface area contributed by atoms with Crippen LogP contribution in [0, 0.1) is 11.6 Å². The maximum atomic E-state index is 14.7. The highest BCUT2D eigenvalue weighted by molar-refractivity contribution is 6.30. The fourth-order valence-electron chi connectivity index (χ4n) is 13.6. The number of H-pyrrole nitrogens is 1. The molecule has 2 aromatic heterocycles. The van der Waals surface area contributed by atoms with Crippen molar-refractivity contribution >= 4 is 64.2 Å². The van der Waals surface area contributed by atoms with E-state index in [2.05, 4.69) is 46.8 Å². The van der Waals surface area contributed by atoms with Crippen LogP contribution in [0.1, 0.15) is 138 Å². The van der Waals surface area contributed by atoms with E-state index in [9.17, 15) is 32.8 Å². The molecular formula is C68H88ClF2N12O8+. The minimum absolute atomic E-state index is 0.0371. The third kappa shape index (κ3) is 16.1. The van der Waals surface area contributed by atoms with Crippen molar-refractivity contribution in [2.24, 2.45) is 0 Å². The maximum absolute atomic E-state index is 14.7. The molecule has 6 fully saturated rings. The van der Waals surface area contributed by atoms with E-state index >= 15 is 0 Å². The summed E-state index contributed by atoms with van der Waals surface area (Å²) in [6.45, 7) is 19.2.